The summed E-state index contributed by atoms with van der Waals surface area (Å²) < 4.78 is 2.01. The van der Waals surface area contributed by atoms with Gasteiger partial charge in [-0.05, 0) is 31.1 Å². The van der Waals surface area contributed by atoms with Crippen LogP contribution < -0.4 is 5.32 Å². The zero-order chi connectivity index (χ0) is 17.2. The van der Waals surface area contributed by atoms with E-state index in [1.807, 2.05) is 9.47 Å². The van der Waals surface area contributed by atoms with Crippen molar-refractivity contribution in [2.75, 3.05) is 32.7 Å². The first kappa shape index (κ1) is 16.8. The lowest BCUT2D eigenvalue weighted by Gasteiger charge is -2.41. The van der Waals surface area contributed by atoms with Crippen LogP contribution in [0.15, 0.2) is 6.33 Å². The normalized spacial score (nSPS) is 29.3. The summed E-state index contributed by atoms with van der Waals surface area (Å²) in [5, 5.41) is 11.0. The molecule has 2 saturated carbocycles. The van der Waals surface area contributed by atoms with Crippen molar-refractivity contribution in [2.45, 2.75) is 51.6 Å². The first-order chi connectivity index (χ1) is 12.2. The number of hydrogen-bond acceptors (Lipinski definition) is 4. The van der Waals surface area contributed by atoms with Crippen LogP contribution >= 0.6 is 0 Å². The average molecular weight is 346 g/mol. The van der Waals surface area contributed by atoms with Gasteiger partial charge < -0.3 is 14.8 Å². The van der Waals surface area contributed by atoms with E-state index in [0.717, 1.165) is 62.8 Å². The van der Waals surface area contributed by atoms with Gasteiger partial charge in [0.1, 0.15) is 12.2 Å². The second-order valence-corrected chi connectivity index (χ2v) is 7.79. The minimum Gasteiger partial charge on any atom is -0.336 e. The van der Waals surface area contributed by atoms with Gasteiger partial charge in [0, 0.05) is 51.7 Å². The highest BCUT2D eigenvalue weighted by molar-refractivity contribution is 5.74. The number of hydrogen-bond donors (Lipinski definition) is 1. The first-order valence-electron chi connectivity index (χ1n) is 9.88. The summed E-state index contributed by atoms with van der Waals surface area (Å²) in [5.41, 5.74) is 0. The van der Waals surface area contributed by atoms with Gasteiger partial charge in [0.05, 0.1) is 0 Å². The molecule has 3 fully saturated rings. The third-order valence-corrected chi connectivity index (χ3v) is 6.41. The van der Waals surface area contributed by atoms with E-state index in [0.29, 0.717) is 6.54 Å². The van der Waals surface area contributed by atoms with E-state index in [1.165, 1.54) is 25.7 Å². The number of carbonyl (C=O) groups excluding carboxylic acids is 1. The number of aromatic nitrogens is 3. The molecule has 138 valence electrons. The Hall–Kier alpha value is -1.63. The third-order valence-electron chi connectivity index (χ3n) is 6.41. The zero-order valence-corrected chi connectivity index (χ0v) is 15.2. The Morgan fingerprint density at radius 1 is 1.24 bits per heavy atom. The van der Waals surface area contributed by atoms with Crippen molar-refractivity contribution in [3.8, 4) is 0 Å². The fourth-order valence-electron chi connectivity index (χ4n) is 5.05. The fourth-order valence-corrected chi connectivity index (χ4v) is 5.05. The van der Waals surface area contributed by atoms with Gasteiger partial charge in [-0.15, -0.1) is 10.2 Å². The highest BCUT2D eigenvalue weighted by Crippen LogP contribution is 2.46. The Labute approximate surface area is 149 Å². The van der Waals surface area contributed by atoms with Crippen molar-refractivity contribution >= 4 is 6.03 Å². The van der Waals surface area contributed by atoms with Crippen LogP contribution in [-0.2, 0) is 13.0 Å². The van der Waals surface area contributed by atoms with Crippen molar-refractivity contribution in [3.05, 3.63) is 12.2 Å². The summed E-state index contributed by atoms with van der Waals surface area (Å²) in [6, 6.07) is 0.865. The molecule has 0 aromatic carbocycles. The lowest BCUT2D eigenvalue weighted by atomic mass is 9.93. The molecular formula is C18H30N6O. The zero-order valence-electron chi connectivity index (χ0n) is 15.2. The topological polar surface area (TPSA) is 66.3 Å². The van der Waals surface area contributed by atoms with Gasteiger partial charge in [0.25, 0.3) is 0 Å². The van der Waals surface area contributed by atoms with Crippen molar-refractivity contribution in [2.24, 2.45) is 11.8 Å². The molecule has 0 spiro atoms. The number of rotatable bonds is 5. The van der Waals surface area contributed by atoms with E-state index < -0.39 is 0 Å². The molecule has 2 aliphatic carbocycles. The molecule has 2 heterocycles. The Morgan fingerprint density at radius 3 is 2.76 bits per heavy atom. The van der Waals surface area contributed by atoms with Crippen molar-refractivity contribution in [1.29, 1.82) is 0 Å². The number of aryl methyl sites for hydroxylation is 1. The van der Waals surface area contributed by atoms with Crippen LogP contribution in [-0.4, -0.2) is 69.4 Å². The molecule has 3 atom stereocenters. The van der Waals surface area contributed by atoms with Crippen LogP contribution in [0.1, 0.15) is 38.4 Å². The lowest BCUT2D eigenvalue weighted by molar-refractivity contribution is 0.0827. The lowest BCUT2D eigenvalue weighted by Crippen LogP contribution is -2.55. The van der Waals surface area contributed by atoms with Crippen LogP contribution in [0.25, 0.3) is 0 Å². The fraction of sp³-hybridized carbons (Fsp3) is 0.833. The quantitative estimate of drug-likeness (QED) is 0.874. The molecule has 1 N–H and O–H groups in total. The number of nitrogens with zero attached hydrogens (tertiary/aromatic N) is 5. The van der Waals surface area contributed by atoms with Gasteiger partial charge in [-0.25, -0.2) is 4.79 Å². The summed E-state index contributed by atoms with van der Waals surface area (Å²) in [7, 11) is 0. The third kappa shape index (κ3) is 3.52. The van der Waals surface area contributed by atoms with E-state index in [9.17, 15) is 4.79 Å². The second kappa shape index (κ2) is 7.32. The SMILES string of the molecule is CCc1nncn1CCNC(=O)N1CCN([C@H]2C[C@H]3CC[C@H]2C3)CC1. The summed E-state index contributed by atoms with van der Waals surface area (Å²) in [6.07, 6.45) is 8.33. The summed E-state index contributed by atoms with van der Waals surface area (Å²) >= 11 is 0. The van der Waals surface area contributed by atoms with Crippen molar-refractivity contribution < 1.29 is 4.79 Å². The maximum Gasteiger partial charge on any atom is 0.317 e. The summed E-state index contributed by atoms with van der Waals surface area (Å²) in [5.74, 6) is 2.89. The van der Waals surface area contributed by atoms with Gasteiger partial charge in [0.15, 0.2) is 0 Å². The standard InChI is InChI=1S/C18H30N6O/c1-2-17-21-20-13-24(17)6-5-19-18(25)23-9-7-22(8-10-23)16-12-14-3-4-15(16)11-14/h13-16H,2-12H2,1H3,(H,19,25)/t14-,15-,16-/m0/s1. The Morgan fingerprint density at radius 2 is 2.08 bits per heavy atom. The van der Waals surface area contributed by atoms with Crippen LogP contribution in [0.3, 0.4) is 0 Å². The molecule has 1 aromatic heterocycles. The van der Waals surface area contributed by atoms with Crippen LogP contribution in [0.2, 0.25) is 0 Å². The number of fused-ring (bicyclic) bond motifs is 2. The molecule has 0 unspecified atom stereocenters. The minimum absolute atomic E-state index is 0.0683. The molecule has 3 aliphatic rings. The number of urea groups is 1. The van der Waals surface area contributed by atoms with E-state index in [1.54, 1.807) is 6.33 Å². The van der Waals surface area contributed by atoms with E-state index in [2.05, 4.69) is 27.3 Å². The minimum atomic E-state index is 0.0683. The number of carbonyl (C=O) groups is 1. The first-order valence-corrected chi connectivity index (χ1v) is 9.88. The van der Waals surface area contributed by atoms with E-state index in [-0.39, 0.29) is 6.03 Å². The van der Waals surface area contributed by atoms with E-state index >= 15 is 0 Å². The second-order valence-electron chi connectivity index (χ2n) is 7.79. The monoisotopic (exact) mass is 346 g/mol. The Balaban J connectivity index is 1.19. The number of amides is 2. The molecular weight excluding hydrogens is 316 g/mol. The van der Waals surface area contributed by atoms with Crippen LogP contribution in [0.5, 0.6) is 0 Å². The van der Waals surface area contributed by atoms with Crippen LogP contribution in [0.4, 0.5) is 4.79 Å². The highest BCUT2D eigenvalue weighted by Gasteiger charge is 2.42. The molecule has 1 aromatic rings. The average Bonchev–Trinajstić information content (AvgIpc) is 3.38. The Bertz CT molecular complexity index is 594. The Kier molecular flexibility index (Phi) is 4.92. The smallest absolute Gasteiger partial charge is 0.317 e. The highest BCUT2D eigenvalue weighted by atomic mass is 16.2. The predicted octanol–water partition coefficient (Wildman–Crippen LogP) is 1.36. The summed E-state index contributed by atoms with van der Waals surface area (Å²) in [4.78, 5) is 17.0. The molecule has 1 aliphatic heterocycles. The van der Waals surface area contributed by atoms with Crippen LogP contribution in [0, 0.1) is 11.8 Å². The van der Waals surface area contributed by atoms with Gasteiger partial charge >= 0.3 is 6.03 Å². The summed E-state index contributed by atoms with van der Waals surface area (Å²) in [6.45, 7) is 7.19. The van der Waals surface area contributed by atoms with Gasteiger partial charge in [-0.2, -0.15) is 0 Å². The van der Waals surface area contributed by atoms with Gasteiger partial charge in [-0.3, -0.25) is 4.90 Å². The number of nitrogens with one attached hydrogen (secondary N) is 1. The molecule has 7 nitrogen and oxygen atoms in total. The molecule has 7 heteroatoms. The van der Waals surface area contributed by atoms with Crippen molar-refractivity contribution in [3.63, 3.8) is 0 Å². The number of piperazine rings is 1. The van der Waals surface area contributed by atoms with Gasteiger partial charge in [0.2, 0.25) is 0 Å². The maximum absolute atomic E-state index is 12.4. The van der Waals surface area contributed by atoms with Gasteiger partial charge in [-0.1, -0.05) is 13.3 Å². The molecule has 2 amide bonds. The molecule has 0 radical (unpaired) electrons. The molecule has 4 rings (SSSR count). The maximum atomic E-state index is 12.4. The molecule has 1 saturated heterocycles. The largest absolute Gasteiger partial charge is 0.336 e. The van der Waals surface area contributed by atoms with E-state index in [4.69, 9.17) is 0 Å². The molecule has 2 bridgehead atoms. The van der Waals surface area contributed by atoms with Crippen molar-refractivity contribution in [1.82, 2.24) is 29.9 Å². The predicted molar refractivity (Wildman–Crippen MR) is 95.2 cm³/mol. The molecule has 25 heavy (non-hydrogen) atoms.